The molecule has 0 saturated carbocycles. The second-order valence-corrected chi connectivity index (χ2v) is 7.13. The van der Waals surface area contributed by atoms with Crippen LogP contribution in [-0.2, 0) is 9.53 Å². The summed E-state index contributed by atoms with van der Waals surface area (Å²) in [6.07, 6.45) is 0.251. The first-order valence-electron chi connectivity index (χ1n) is 7.74. The third-order valence-electron chi connectivity index (χ3n) is 3.72. The molecule has 1 aromatic rings. The normalized spacial score (nSPS) is 19.2. The van der Waals surface area contributed by atoms with Gasteiger partial charge in [-0.1, -0.05) is 29.3 Å². The van der Waals surface area contributed by atoms with Crippen LogP contribution < -0.4 is 0 Å². The third-order valence-corrected chi connectivity index (χ3v) is 3.72. The number of piperidine rings is 1. The summed E-state index contributed by atoms with van der Waals surface area (Å²) >= 11 is 0. The first-order chi connectivity index (χ1) is 10.2. The Morgan fingerprint density at radius 1 is 1.18 bits per heavy atom. The second kappa shape index (κ2) is 6.11. The van der Waals surface area contributed by atoms with E-state index in [9.17, 15) is 9.59 Å². The lowest BCUT2D eigenvalue weighted by Gasteiger charge is -2.32. The Kier molecular flexibility index (Phi) is 4.59. The van der Waals surface area contributed by atoms with Gasteiger partial charge in [0.1, 0.15) is 5.60 Å². The predicted molar refractivity (Wildman–Crippen MR) is 86.1 cm³/mol. The number of hydrogen-bond acceptors (Lipinski definition) is 3. The number of aryl methyl sites for hydroxylation is 2. The Labute approximate surface area is 132 Å². The fourth-order valence-electron chi connectivity index (χ4n) is 2.87. The van der Waals surface area contributed by atoms with Crippen molar-refractivity contribution in [3.63, 3.8) is 0 Å². The van der Waals surface area contributed by atoms with Crippen LogP contribution in [0.5, 0.6) is 0 Å². The molecule has 0 N–H and O–H groups in total. The van der Waals surface area contributed by atoms with Crippen LogP contribution in [0.4, 0.5) is 4.79 Å². The Bertz CT molecular complexity index is 566. The average Bonchev–Trinajstić information content (AvgIpc) is 2.35. The van der Waals surface area contributed by atoms with E-state index in [1.807, 2.05) is 34.6 Å². The van der Waals surface area contributed by atoms with E-state index >= 15 is 0 Å². The van der Waals surface area contributed by atoms with E-state index in [1.54, 1.807) is 0 Å². The summed E-state index contributed by atoms with van der Waals surface area (Å²) in [5.41, 5.74) is 2.85. The first-order valence-corrected chi connectivity index (χ1v) is 7.74. The predicted octanol–water partition coefficient (Wildman–Crippen LogP) is 3.60. The van der Waals surface area contributed by atoms with Gasteiger partial charge in [0.2, 0.25) is 0 Å². The van der Waals surface area contributed by atoms with E-state index in [-0.39, 0.29) is 18.2 Å². The van der Waals surface area contributed by atoms with Gasteiger partial charge in [0.05, 0.1) is 6.54 Å². The topological polar surface area (TPSA) is 46.6 Å². The summed E-state index contributed by atoms with van der Waals surface area (Å²) < 4.78 is 5.34. The van der Waals surface area contributed by atoms with Crippen LogP contribution in [0, 0.1) is 13.8 Å². The highest BCUT2D eigenvalue weighted by Gasteiger charge is 2.32. The maximum absolute atomic E-state index is 12.4. The molecule has 1 aromatic carbocycles. The highest BCUT2D eigenvalue weighted by Crippen LogP contribution is 2.27. The van der Waals surface area contributed by atoms with Crippen LogP contribution in [0.3, 0.4) is 0 Å². The molecule has 1 aliphatic heterocycles. The van der Waals surface area contributed by atoms with E-state index in [0.29, 0.717) is 13.0 Å². The van der Waals surface area contributed by atoms with Crippen molar-refractivity contribution in [3.8, 4) is 0 Å². The number of likely N-dealkylation sites (tertiary alicyclic amines) is 1. The van der Waals surface area contributed by atoms with Gasteiger partial charge in [0, 0.05) is 12.5 Å². The number of benzene rings is 1. The molecule has 0 aliphatic carbocycles. The van der Waals surface area contributed by atoms with Crippen LogP contribution in [-0.4, -0.2) is 35.5 Å². The van der Waals surface area contributed by atoms with Crippen molar-refractivity contribution in [2.75, 3.05) is 13.1 Å². The van der Waals surface area contributed by atoms with Gasteiger partial charge < -0.3 is 9.64 Å². The molecule has 4 nitrogen and oxygen atoms in total. The van der Waals surface area contributed by atoms with E-state index in [4.69, 9.17) is 4.74 Å². The van der Waals surface area contributed by atoms with Gasteiger partial charge >= 0.3 is 6.09 Å². The van der Waals surface area contributed by atoms with Crippen molar-refractivity contribution in [3.05, 3.63) is 34.9 Å². The van der Waals surface area contributed by atoms with Gasteiger partial charge in [-0.2, -0.15) is 0 Å². The van der Waals surface area contributed by atoms with E-state index in [2.05, 4.69) is 18.2 Å². The summed E-state index contributed by atoms with van der Waals surface area (Å²) in [6.45, 7) is 10.2. The SMILES string of the molecule is Cc1cc(C)cc(C2CCN(C(=O)OC(C)(C)C)CC2=O)c1. The highest BCUT2D eigenvalue weighted by atomic mass is 16.6. The number of ether oxygens (including phenoxy) is 1. The molecular formula is C18H25NO3. The van der Waals surface area contributed by atoms with Gasteiger partial charge in [-0.3, -0.25) is 4.79 Å². The Morgan fingerprint density at radius 2 is 1.77 bits per heavy atom. The lowest BCUT2D eigenvalue weighted by molar-refractivity contribution is -0.123. The molecule has 0 bridgehead atoms. The zero-order chi connectivity index (χ0) is 16.5. The lowest BCUT2D eigenvalue weighted by atomic mass is 9.87. The van der Waals surface area contributed by atoms with Crippen molar-refractivity contribution < 1.29 is 14.3 Å². The molecule has 22 heavy (non-hydrogen) atoms. The van der Waals surface area contributed by atoms with Crippen molar-refractivity contribution in [2.45, 2.75) is 52.6 Å². The Morgan fingerprint density at radius 3 is 2.27 bits per heavy atom. The summed E-state index contributed by atoms with van der Waals surface area (Å²) in [6, 6.07) is 6.24. The molecule has 4 heteroatoms. The molecule has 0 radical (unpaired) electrons. The highest BCUT2D eigenvalue weighted by molar-refractivity contribution is 5.91. The molecule has 1 atom stereocenters. The third kappa shape index (κ3) is 4.09. The number of carbonyl (C=O) groups excluding carboxylic acids is 2. The van der Waals surface area contributed by atoms with Crippen LogP contribution >= 0.6 is 0 Å². The van der Waals surface area contributed by atoms with Crippen LogP contribution in [0.15, 0.2) is 18.2 Å². The van der Waals surface area contributed by atoms with Crippen molar-refractivity contribution in [1.29, 1.82) is 0 Å². The zero-order valence-corrected chi connectivity index (χ0v) is 14.1. The van der Waals surface area contributed by atoms with Gasteiger partial charge in [-0.25, -0.2) is 4.79 Å². The largest absolute Gasteiger partial charge is 0.444 e. The summed E-state index contributed by atoms with van der Waals surface area (Å²) in [5, 5.41) is 0. The molecule has 0 aromatic heterocycles. The number of Topliss-reactive ketones (excluding diaryl/α,β-unsaturated/α-hetero) is 1. The summed E-state index contributed by atoms with van der Waals surface area (Å²) in [7, 11) is 0. The quantitative estimate of drug-likeness (QED) is 0.796. The molecule has 1 saturated heterocycles. The Balaban J connectivity index is 2.07. The monoisotopic (exact) mass is 303 g/mol. The molecule has 0 spiro atoms. The lowest BCUT2D eigenvalue weighted by Crippen LogP contribution is -2.45. The number of nitrogens with zero attached hydrogens (tertiary/aromatic N) is 1. The summed E-state index contributed by atoms with van der Waals surface area (Å²) in [4.78, 5) is 26.0. The van der Waals surface area contributed by atoms with Gasteiger partial charge in [-0.15, -0.1) is 0 Å². The zero-order valence-electron chi connectivity index (χ0n) is 14.1. The number of rotatable bonds is 1. The molecule has 1 aliphatic rings. The fourth-order valence-corrected chi connectivity index (χ4v) is 2.87. The van der Waals surface area contributed by atoms with Crippen molar-refractivity contribution in [2.24, 2.45) is 0 Å². The van der Waals surface area contributed by atoms with Crippen LogP contribution in [0.1, 0.15) is 49.8 Å². The van der Waals surface area contributed by atoms with Crippen molar-refractivity contribution in [1.82, 2.24) is 4.90 Å². The first kappa shape index (κ1) is 16.5. The van der Waals surface area contributed by atoms with Crippen molar-refractivity contribution >= 4 is 11.9 Å². The molecule has 2 rings (SSSR count). The number of ketones is 1. The molecule has 1 fully saturated rings. The maximum atomic E-state index is 12.4. The minimum Gasteiger partial charge on any atom is -0.444 e. The minimum absolute atomic E-state index is 0.0853. The molecule has 1 unspecified atom stereocenters. The van der Waals surface area contributed by atoms with Gasteiger partial charge in [-0.05, 0) is 46.6 Å². The number of amides is 1. The fraction of sp³-hybridized carbons (Fsp3) is 0.556. The molecule has 120 valence electrons. The molecule has 1 heterocycles. The molecule has 1 amide bonds. The molecular weight excluding hydrogens is 278 g/mol. The van der Waals surface area contributed by atoms with E-state index in [0.717, 1.165) is 16.7 Å². The smallest absolute Gasteiger partial charge is 0.410 e. The number of hydrogen-bond donors (Lipinski definition) is 0. The Hall–Kier alpha value is -1.84. The summed E-state index contributed by atoms with van der Waals surface area (Å²) in [5.74, 6) is -0.0283. The van der Waals surface area contributed by atoms with E-state index < -0.39 is 11.7 Å². The van der Waals surface area contributed by atoms with Crippen LogP contribution in [0.25, 0.3) is 0 Å². The standard InChI is InChI=1S/C18H25NO3/c1-12-8-13(2)10-14(9-12)15-6-7-19(11-16(15)20)17(21)22-18(3,4)5/h8-10,15H,6-7,11H2,1-5H3. The van der Waals surface area contributed by atoms with Gasteiger partial charge in [0.25, 0.3) is 0 Å². The number of carbonyl (C=O) groups is 2. The minimum atomic E-state index is -0.537. The average molecular weight is 303 g/mol. The maximum Gasteiger partial charge on any atom is 0.410 e. The van der Waals surface area contributed by atoms with Crippen LogP contribution in [0.2, 0.25) is 0 Å². The second-order valence-electron chi connectivity index (χ2n) is 7.13. The van der Waals surface area contributed by atoms with E-state index in [1.165, 1.54) is 4.90 Å². The van der Waals surface area contributed by atoms with Gasteiger partial charge in [0.15, 0.2) is 5.78 Å².